The van der Waals surface area contributed by atoms with Crippen molar-refractivity contribution in [2.75, 3.05) is 0 Å². The van der Waals surface area contributed by atoms with Crippen molar-refractivity contribution in [2.45, 2.75) is 71.6 Å². The number of fused-ring (bicyclic) bond motifs is 1. The molecule has 3 heterocycles. The lowest BCUT2D eigenvalue weighted by Crippen LogP contribution is -2.21. The topological polar surface area (TPSA) is 92.8 Å². The first-order valence-electron chi connectivity index (χ1n) is 14.6. The number of hydrogen-bond donors (Lipinski definition) is 0. The van der Waals surface area contributed by atoms with Gasteiger partial charge in [-0.25, -0.2) is 9.59 Å². The van der Waals surface area contributed by atoms with E-state index in [1.165, 1.54) is 30.3 Å². The summed E-state index contributed by atoms with van der Waals surface area (Å²) in [7, 11) is 0. The predicted molar refractivity (Wildman–Crippen MR) is 159 cm³/mol. The van der Waals surface area contributed by atoms with Crippen molar-refractivity contribution in [1.29, 1.82) is 0 Å². The molecule has 0 saturated heterocycles. The van der Waals surface area contributed by atoms with Crippen LogP contribution in [0.3, 0.4) is 0 Å². The van der Waals surface area contributed by atoms with E-state index in [0.717, 1.165) is 41.5 Å². The number of carbonyl (C=O) groups excluding carboxylic acids is 1. The number of esters is 1. The maximum Gasteiger partial charge on any atom is 0.383 e. The monoisotopic (exact) mass is 568 g/mol. The van der Waals surface area contributed by atoms with Gasteiger partial charge in [0.25, 0.3) is 5.76 Å². The SMILES string of the molecule is CCCCCCCCc1cc2cn(C/C=C3\OC(=O)C(OCc4ccccc4)=C3OCc3ccccc3)c(=O)nc2o1. The highest BCUT2D eigenvalue weighted by Gasteiger charge is 2.34. The van der Waals surface area contributed by atoms with Gasteiger partial charge >= 0.3 is 11.7 Å². The summed E-state index contributed by atoms with van der Waals surface area (Å²) in [6, 6.07) is 21.1. The maximum atomic E-state index is 12.8. The molecule has 42 heavy (non-hydrogen) atoms. The Morgan fingerprint density at radius 2 is 1.48 bits per heavy atom. The first kappa shape index (κ1) is 28.9. The molecule has 4 aromatic rings. The highest BCUT2D eigenvalue weighted by Crippen LogP contribution is 2.30. The summed E-state index contributed by atoms with van der Waals surface area (Å²) in [5.41, 5.74) is 1.70. The number of aromatic nitrogens is 2. The van der Waals surface area contributed by atoms with Gasteiger partial charge in [-0.05, 0) is 29.7 Å². The van der Waals surface area contributed by atoms with E-state index in [-0.39, 0.29) is 37.0 Å². The number of nitrogens with zero attached hydrogens (tertiary/aromatic N) is 2. The summed E-state index contributed by atoms with van der Waals surface area (Å²) < 4.78 is 24.8. The van der Waals surface area contributed by atoms with E-state index in [2.05, 4.69) is 11.9 Å². The first-order chi connectivity index (χ1) is 20.6. The van der Waals surface area contributed by atoms with Crippen molar-refractivity contribution >= 4 is 17.1 Å². The molecule has 0 bridgehead atoms. The molecule has 2 aromatic heterocycles. The van der Waals surface area contributed by atoms with Crippen molar-refractivity contribution < 1.29 is 23.4 Å². The molecular formula is C34H36N2O6. The van der Waals surface area contributed by atoms with Crippen molar-refractivity contribution in [3.05, 3.63) is 124 Å². The molecule has 0 spiro atoms. The number of allylic oxidation sites excluding steroid dienone is 1. The maximum absolute atomic E-state index is 12.8. The van der Waals surface area contributed by atoms with E-state index in [1.807, 2.05) is 66.7 Å². The number of furan rings is 1. The molecule has 2 aromatic carbocycles. The standard InChI is InChI=1S/C34H36N2O6/c1-2-3-4-5-6-13-18-28-21-27-22-36(34(38)35-32(27)41-28)20-19-29-30(39-23-25-14-9-7-10-15-25)31(33(37)42-29)40-24-26-16-11-8-12-17-26/h7-12,14-17,19,21-22H,2-6,13,18,20,23-24H2,1H3/b29-19-. The van der Waals surface area contributed by atoms with Crippen LogP contribution in [0.1, 0.15) is 62.3 Å². The lowest BCUT2D eigenvalue weighted by atomic mass is 10.1. The van der Waals surface area contributed by atoms with Gasteiger partial charge in [0.15, 0.2) is 5.76 Å². The number of hydrogen-bond acceptors (Lipinski definition) is 7. The van der Waals surface area contributed by atoms with Gasteiger partial charge in [-0.2, -0.15) is 4.98 Å². The number of cyclic esters (lactones) is 1. The Balaban J connectivity index is 1.31. The number of benzene rings is 2. The number of aryl methyl sites for hydroxylation is 1. The van der Waals surface area contributed by atoms with Crippen molar-refractivity contribution in [3.8, 4) is 0 Å². The van der Waals surface area contributed by atoms with Crippen molar-refractivity contribution in [3.63, 3.8) is 0 Å². The first-order valence-corrected chi connectivity index (χ1v) is 14.6. The van der Waals surface area contributed by atoms with Crippen LogP contribution in [0.25, 0.3) is 11.1 Å². The van der Waals surface area contributed by atoms with Gasteiger partial charge in [-0.3, -0.25) is 4.57 Å². The van der Waals surface area contributed by atoms with E-state index >= 15 is 0 Å². The van der Waals surface area contributed by atoms with E-state index in [0.29, 0.717) is 5.71 Å². The van der Waals surface area contributed by atoms with Gasteiger partial charge in [0.2, 0.25) is 11.5 Å². The van der Waals surface area contributed by atoms with E-state index in [9.17, 15) is 9.59 Å². The molecule has 218 valence electrons. The minimum Gasteiger partial charge on any atom is -0.481 e. The molecule has 0 N–H and O–H groups in total. The molecular weight excluding hydrogens is 532 g/mol. The van der Waals surface area contributed by atoms with Crippen LogP contribution < -0.4 is 5.69 Å². The Morgan fingerprint density at radius 3 is 2.17 bits per heavy atom. The summed E-state index contributed by atoms with van der Waals surface area (Å²) in [5.74, 6) is 0.577. The predicted octanol–water partition coefficient (Wildman–Crippen LogP) is 6.98. The lowest BCUT2D eigenvalue weighted by molar-refractivity contribution is -0.136. The summed E-state index contributed by atoms with van der Waals surface area (Å²) >= 11 is 0. The largest absolute Gasteiger partial charge is 0.481 e. The fourth-order valence-corrected chi connectivity index (χ4v) is 4.77. The molecule has 0 radical (unpaired) electrons. The Bertz CT molecular complexity index is 1600. The van der Waals surface area contributed by atoms with Gasteiger partial charge in [-0.15, -0.1) is 0 Å². The van der Waals surface area contributed by atoms with Crippen LogP contribution in [0, 0.1) is 0 Å². The summed E-state index contributed by atoms with van der Waals surface area (Å²) in [6.07, 6.45) is 11.3. The number of unbranched alkanes of at least 4 members (excludes halogenated alkanes) is 5. The second-order valence-electron chi connectivity index (χ2n) is 10.3. The van der Waals surface area contributed by atoms with E-state index in [4.69, 9.17) is 18.6 Å². The Labute approximate surface area is 245 Å². The zero-order chi connectivity index (χ0) is 29.1. The molecule has 8 heteroatoms. The van der Waals surface area contributed by atoms with Gasteiger partial charge in [-0.1, -0.05) is 99.7 Å². The molecule has 1 aliphatic heterocycles. The van der Waals surface area contributed by atoms with Crippen molar-refractivity contribution in [1.82, 2.24) is 9.55 Å². The van der Waals surface area contributed by atoms with Gasteiger partial charge in [0, 0.05) is 19.2 Å². The number of ether oxygens (including phenoxy) is 3. The molecule has 8 nitrogen and oxygen atoms in total. The lowest BCUT2D eigenvalue weighted by Gasteiger charge is -2.10. The minimum absolute atomic E-state index is 0.00358. The summed E-state index contributed by atoms with van der Waals surface area (Å²) in [5, 5.41) is 0.750. The van der Waals surface area contributed by atoms with Crippen LogP contribution in [-0.4, -0.2) is 15.5 Å². The quantitative estimate of drug-likeness (QED) is 0.113. The zero-order valence-electron chi connectivity index (χ0n) is 23.9. The Morgan fingerprint density at radius 1 is 0.833 bits per heavy atom. The van der Waals surface area contributed by atoms with Crippen LogP contribution in [0.4, 0.5) is 0 Å². The average molecular weight is 569 g/mol. The van der Waals surface area contributed by atoms with Gasteiger partial charge in [0.1, 0.15) is 19.0 Å². The second kappa shape index (κ2) is 14.3. The highest BCUT2D eigenvalue weighted by molar-refractivity contribution is 5.91. The molecule has 0 aliphatic carbocycles. The van der Waals surface area contributed by atoms with Gasteiger partial charge in [0.05, 0.1) is 5.39 Å². The highest BCUT2D eigenvalue weighted by atomic mass is 16.6. The van der Waals surface area contributed by atoms with Crippen LogP contribution in [0.2, 0.25) is 0 Å². The number of rotatable bonds is 15. The normalized spacial score (nSPS) is 14.1. The molecule has 0 unspecified atom stereocenters. The Kier molecular flexibility index (Phi) is 9.88. The van der Waals surface area contributed by atoms with Crippen LogP contribution >= 0.6 is 0 Å². The number of carbonyl (C=O) groups is 1. The zero-order valence-corrected chi connectivity index (χ0v) is 23.9. The third-order valence-electron chi connectivity index (χ3n) is 7.05. The summed E-state index contributed by atoms with van der Waals surface area (Å²) in [4.78, 5) is 29.7. The molecule has 1 aliphatic rings. The van der Waals surface area contributed by atoms with Crippen LogP contribution in [0.15, 0.2) is 105 Å². The fourth-order valence-electron chi connectivity index (χ4n) is 4.77. The molecule has 0 fully saturated rings. The van der Waals surface area contributed by atoms with Crippen molar-refractivity contribution in [2.24, 2.45) is 0 Å². The molecule has 0 saturated carbocycles. The molecule has 0 atom stereocenters. The third kappa shape index (κ3) is 7.57. The second-order valence-corrected chi connectivity index (χ2v) is 10.3. The van der Waals surface area contributed by atoms with Crippen LogP contribution in [-0.2, 0) is 45.2 Å². The average Bonchev–Trinajstić information content (AvgIpc) is 3.54. The smallest absolute Gasteiger partial charge is 0.383 e. The van der Waals surface area contributed by atoms with E-state index in [1.54, 1.807) is 12.3 Å². The Hall–Kier alpha value is -4.59. The third-order valence-corrected chi connectivity index (χ3v) is 7.05. The van der Waals surface area contributed by atoms with Crippen LogP contribution in [0.5, 0.6) is 0 Å². The summed E-state index contributed by atoms with van der Waals surface area (Å²) in [6.45, 7) is 2.72. The van der Waals surface area contributed by atoms with E-state index < -0.39 is 11.7 Å². The fraction of sp³-hybridized carbons (Fsp3) is 0.324. The van der Waals surface area contributed by atoms with Gasteiger partial charge < -0.3 is 18.6 Å². The minimum atomic E-state index is -0.643. The molecule has 0 amide bonds. The molecule has 5 rings (SSSR count).